The lowest BCUT2D eigenvalue weighted by Gasteiger charge is -1.97. The highest BCUT2D eigenvalue weighted by molar-refractivity contribution is 6.67. The molecular formula is C16H11ClO2. The molecule has 0 N–H and O–H groups in total. The Hall–Kier alpha value is -2.19. The van der Waals surface area contributed by atoms with Gasteiger partial charge < -0.3 is 0 Å². The zero-order valence-electron chi connectivity index (χ0n) is 10.0. The van der Waals surface area contributed by atoms with Gasteiger partial charge in [-0.1, -0.05) is 48.5 Å². The van der Waals surface area contributed by atoms with E-state index in [9.17, 15) is 9.59 Å². The van der Waals surface area contributed by atoms with Gasteiger partial charge in [-0.05, 0) is 35.4 Å². The zero-order chi connectivity index (χ0) is 13.7. The van der Waals surface area contributed by atoms with E-state index in [1.807, 2.05) is 30.3 Å². The standard InChI is InChI=1S/C16H11ClO2/c17-16(19)14-9-7-13(8-10-14)15(18)11-6-12-4-2-1-3-5-12/h1-11H. The Kier molecular flexibility index (Phi) is 4.26. The molecule has 0 aliphatic rings. The number of carbonyl (C=O) groups is 2. The van der Waals surface area contributed by atoms with E-state index in [1.165, 1.54) is 6.08 Å². The van der Waals surface area contributed by atoms with Crippen molar-refractivity contribution in [2.45, 2.75) is 0 Å². The van der Waals surface area contributed by atoms with Gasteiger partial charge in [0.1, 0.15) is 0 Å². The summed E-state index contributed by atoms with van der Waals surface area (Å²) in [6, 6.07) is 15.8. The van der Waals surface area contributed by atoms with Crippen LogP contribution in [-0.4, -0.2) is 11.0 Å². The first kappa shape index (κ1) is 13.2. The van der Waals surface area contributed by atoms with Crippen LogP contribution >= 0.6 is 11.6 Å². The first-order chi connectivity index (χ1) is 9.16. The molecule has 19 heavy (non-hydrogen) atoms. The Labute approximate surface area is 116 Å². The minimum Gasteiger partial charge on any atom is -0.289 e. The first-order valence-electron chi connectivity index (χ1n) is 5.74. The zero-order valence-corrected chi connectivity index (χ0v) is 10.8. The molecule has 0 heterocycles. The number of ketones is 1. The first-order valence-corrected chi connectivity index (χ1v) is 6.12. The molecule has 0 spiro atoms. The molecule has 0 radical (unpaired) electrons. The highest BCUT2D eigenvalue weighted by atomic mass is 35.5. The summed E-state index contributed by atoms with van der Waals surface area (Å²) >= 11 is 5.34. The van der Waals surface area contributed by atoms with Crippen LogP contribution in [0.4, 0.5) is 0 Å². The maximum absolute atomic E-state index is 11.9. The number of hydrogen-bond acceptors (Lipinski definition) is 2. The second-order valence-corrected chi connectivity index (χ2v) is 4.30. The van der Waals surface area contributed by atoms with Gasteiger partial charge in [-0.15, -0.1) is 0 Å². The molecule has 0 unspecified atom stereocenters. The summed E-state index contributed by atoms with van der Waals surface area (Å²) in [6.45, 7) is 0. The molecule has 2 aromatic carbocycles. The average Bonchev–Trinajstić information content (AvgIpc) is 2.46. The average molecular weight is 271 g/mol. The topological polar surface area (TPSA) is 34.1 Å². The van der Waals surface area contributed by atoms with Gasteiger partial charge in [-0.3, -0.25) is 9.59 Å². The van der Waals surface area contributed by atoms with E-state index < -0.39 is 5.24 Å². The molecule has 0 atom stereocenters. The Morgan fingerprint density at radius 1 is 0.842 bits per heavy atom. The van der Waals surface area contributed by atoms with Gasteiger partial charge in [0.2, 0.25) is 0 Å². The van der Waals surface area contributed by atoms with Crippen LogP contribution in [0.2, 0.25) is 0 Å². The summed E-state index contributed by atoms with van der Waals surface area (Å²) in [6.07, 6.45) is 3.26. The third-order valence-corrected chi connectivity index (χ3v) is 2.84. The predicted molar refractivity (Wildman–Crippen MR) is 76.4 cm³/mol. The van der Waals surface area contributed by atoms with E-state index in [2.05, 4.69) is 0 Å². The van der Waals surface area contributed by atoms with Gasteiger partial charge >= 0.3 is 0 Å². The number of carbonyl (C=O) groups excluding carboxylic acids is 2. The summed E-state index contributed by atoms with van der Waals surface area (Å²) in [5.41, 5.74) is 1.86. The second-order valence-electron chi connectivity index (χ2n) is 3.96. The summed E-state index contributed by atoms with van der Waals surface area (Å²) in [4.78, 5) is 22.8. The fourth-order valence-corrected chi connectivity index (χ4v) is 1.72. The number of benzene rings is 2. The molecular weight excluding hydrogens is 260 g/mol. The Morgan fingerprint density at radius 2 is 1.42 bits per heavy atom. The van der Waals surface area contributed by atoms with Crippen molar-refractivity contribution < 1.29 is 9.59 Å². The van der Waals surface area contributed by atoms with Crippen molar-refractivity contribution in [3.8, 4) is 0 Å². The largest absolute Gasteiger partial charge is 0.289 e. The van der Waals surface area contributed by atoms with Crippen LogP contribution in [0.1, 0.15) is 26.3 Å². The van der Waals surface area contributed by atoms with Crippen molar-refractivity contribution >= 4 is 28.7 Å². The number of halogens is 1. The normalized spacial score (nSPS) is 10.6. The molecule has 3 heteroatoms. The van der Waals surface area contributed by atoms with Crippen LogP contribution in [0.15, 0.2) is 60.7 Å². The number of rotatable bonds is 4. The Balaban J connectivity index is 2.12. The van der Waals surface area contributed by atoms with Crippen LogP contribution in [0.5, 0.6) is 0 Å². The monoisotopic (exact) mass is 270 g/mol. The quantitative estimate of drug-likeness (QED) is 0.479. The fraction of sp³-hybridized carbons (Fsp3) is 0. The smallest absolute Gasteiger partial charge is 0.252 e. The van der Waals surface area contributed by atoms with Crippen molar-refractivity contribution in [3.05, 3.63) is 77.4 Å². The second kappa shape index (κ2) is 6.12. The van der Waals surface area contributed by atoms with Gasteiger partial charge in [-0.25, -0.2) is 0 Å². The third-order valence-electron chi connectivity index (χ3n) is 2.62. The highest BCUT2D eigenvalue weighted by Crippen LogP contribution is 2.09. The van der Waals surface area contributed by atoms with E-state index in [4.69, 9.17) is 11.6 Å². The Morgan fingerprint density at radius 3 is 2.00 bits per heavy atom. The van der Waals surface area contributed by atoms with Crippen molar-refractivity contribution in [1.82, 2.24) is 0 Å². The molecule has 94 valence electrons. The molecule has 2 nitrogen and oxygen atoms in total. The van der Waals surface area contributed by atoms with Crippen molar-refractivity contribution in [3.63, 3.8) is 0 Å². The lowest BCUT2D eigenvalue weighted by atomic mass is 10.1. The molecule has 0 saturated heterocycles. The summed E-state index contributed by atoms with van der Waals surface area (Å²) in [5.74, 6) is -0.113. The van der Waals surface area contributed by atoms with E-state index in [0.717, 1.165) is 5.56 Å². The lowest BCUT2D eigenvalue weighted by molar-refractivity contribution is 0.104. The summed E-state index contributed by atoms with van der Waals surface area (Å²) in [5, 5.41) is -0.529. The van der Waals surface area contributed by atoms with Gasteiger partial charge in [-0.2, -0.15) is 0 Å². The van der Waals surface area contributed by atoms with E-state index >= 15 is 0 Å². The van der Waals surface area contributed by atoms with Gasteiger partial charge in [0, 0.05) is 11.1 Å². The van der Waals surface area contributed by atoms with Crippen LogP contribution in [-0.2, 0) is 0 Å². The molecule has 0 aliphatic carbocycles. The number of allylic oxidation sites excluding steroid dienone is 1. The van der Waals surface area contributed by atoms with Crippen molar-refractivity contribution in [2.24, 2.45) is 0 Å². The SMILES string of the molecule is O=C(Cl)c1ccc(C(=O)C=Cc2ccccc2)cc1. The Bertz CT molecular complexity index is 613. The van der Waals surface area contributed by atoms with Crippen LogP contribution in [0.25, 0.3) is 6.08 Å². The summed E-state index contributed by atoms with van der Waals surface area (Å²) < 4.78 is 0. The maximum atomic E-state index is 11.9. The van der Waals surface area contributed by atoms with E-state index in [1.54, 1.807) is 30.3 Å². The van der Waals surface area contributed by atoms with Crippen LogP contribution in [0, 0.1) is 0 Å². The van der Waals surface area contributed by atoms with Gasteiger partial charge in [0.05, 0.1) is 0 Å². The molecule has 0 amide bonds. The van der Waals surface area contributed by atoms with Crippen molar-refractivity contribution in [1.29, 1.82) is 0 Å². The molecule has 0 fully saturated rings. The minimum atomic E-state index is -0.529. The van der Waals surface area contributed by atoms with Gasteiger partial charge in [0.15, 0.2) is 5.78 Å². The molecule has 0 saturated carbocycles. The minimum absolute atomic E-state index is 0.113. The van der Waals surface area contributed by atoms with E-state index in [-0.39, 0.29) is 5.78 Å². The molecule has 2 rings (SSSR count). The lowest BCUT2D eigenvalue weighted by Crippen LogP contribution is -1.96. The molecule has 2 aromatic rings. The third kappa shape index (κ3) is 3.63. The van der Waals surface area contributed by atoms with Gasteiger partial charge in [0.25, 0.3) is 5.24 Å². The highest BCUT2D eigenvalue weighted by Gasteiger charge is 2.04. The molecule has 0 bridgehead atoms. The predicted octanol–water partition coefficient (Wildman–Crippen LogP) is 3.96. The fourth-order valence-electron chi connectivity index (χ4n) is 1.60. The van der Waals surface area contributed by atoms with Crippen LogP contribution < -0.4 is 0 Å². The molecule has 0 aromatic heterocycles. The number of hydrogen-bond donors (Lipinski definition) is 0. The van der Waals surface area contributed by atoms with Crippen molar-refractivity contribution in [2.75, 3.05) is 0 Å². The van der Waals surface area contributed by atoms with Crippen LogP contribution in [0.3, 0.4) is 0 Å². The van der Waals surface area contributed by atoms with E-state index in [0.29, 0.717) is 11.1 Å². The summed E-state index contributed by atoms with van der Waals surface area (Å²) in [7, 11) is 0. The maximum Gasteiger partial charge on any atom is 0.252 e. The molecule has 0 aliphatic heterocycles.